The van der Waals surface area contributed by atoms with Crippen molar-refractivity contribution in [1.29, 1.82) is 0 Å². The fourth-order valence-corrected chi connectivity index (χ4v) is 6.49. The number of benzene rings is 2. The molecule has 2 unspecified atom stereocenters. The molecule has 0 aliphatic carbocycles. The maximum Gasteiger partial charge on any atom is 1.00 e. The molecular weight excluding hydrogens is 559 g/mol. The van der Waals surface area contributed by atoms with Gasteiger partial charge in [0, 0.05) is 0 Å². The summed E-state index contributed by atoms with van der Waals surface area (Å²) in [5.74, 6) is -0.0347. The van der Waals surface area contributed by atoms with Gasteiger partial charge in [-0.05, 0) is 47.2 Å². The van der Waals surface area contributed by atoms with Gasteiger partial charge in [-0.3, -0.25) is 0 Å². The summed E-state index contributed by atoms with van der Waals surface area (Å²) in [4.78, 5) is -0.262. The van der Waals surface area contributed by atoms with Crippen molar-refractivity contribution in [2.75, 3.05) is 0 Å². The summed E-state index contributed by atoms with van der Waals surface area (Å²) >= 11 is 0. The molecule has 0 heterocycles. The Morgan fingerprint density at radius 2 is 1.10 bits per heavy atom. The first-order chi connectivity index (χ1) is 19.4. The summed E-state index contributed by atoms with van der Waals surface area (Å²) in [6.07, 6.45) is 25.0. The van der Waals surface area contributed by atoms with Gasteiger partial charge < -0.3 is 4.55 Å². The largest absolute Gasteiger partial charge is 1.00 e. The number of halogens is 1. The number of hydrogen-bond donors (Lipinski definition) is 0. The normalized spacial score (nSPS) is 13.3. The standard InChI is InChI=1S/C35H57FO3S.K/c1-3-5-7-9-10-11-12-13-14-15-16-17-19-21-24-30(23-20-18-8-6-4-2)35(36)34-26-22-25-31-29-32(40(37,38)39)27-28-33(31)34;/h22,25-30,35H,3-21,23-24H2,1-2H3,(H,37,38,39);/q;+1/p-1. The van der Waals surface area contributed by atoms with Gasteiger partial charge in [0.2, 0.25) is 0 Å². The molecule has 0 aliphatic heterocycles. The van der Waals surface area contributed by atoms with Gasteiger partial charge >= 0.3 is 51.4 Å². The Kier molecular flexibility index (Phi) is 22.5. The molecule has 0 radical (unpaired) electrons. The van der Waals surface area contributed by atoms with Crippen LogP contribution in [-0.2, 0) is 10.1 Å². The third-order valence-corrected chi connectivity index (χ3v) is 9.32. The average molecular weight is 615 g/mol. The zero-order valence-electron chi connectivity index (χ0n) is 26.5. The quantitative estimate of drug-likeness (QED) is 0.0676. The van der Waals surface area contributed by atoms with Crippen LogP contribution in [0.2, 0.25) is 0 Å². The minimum Gasteiger partial charge on any atom is -0.744 e. The van der Waals surface area contributed by atoms with Crippen molar-refractivity contribution in [3.63, 3.8) is 0 Å². The van der Waals surface area contributed by atoms with Crippen molar-refractivity contribution in [2.45, 2.75) is 160 Å². The first-order valence-corrected chi connectivity index (χ1v) is 17.9. The van der Waals surface area contributed by atoms with Crippen LogP contribution < -0.4 is 51.4 Å². The van der Waals surface area contributed by atoms with Crippen LogP contribution >= 0.6 is 0 Å². The second kappa shape index (κ2) is 23.5. The van der Waals surface area contributed by atoms with E-state index in [1.165, 1.54) is 108 Å². The monoisotopic (exact) mass is 614 g/mol. The molecule has 0 saturated carbocycles. The van der Waals surface area contributed by atoms with Crippen LogP contribution in [0.3, 0.4) is 0 Å². The predicted molar refractivity (Wildman–Crippen MR) is 168 cm³/mol. The van der Waals surface area contributed by atoms with E-state index in [1.807, 2.05) is 6.07 Å². The zero-order valence-corrected chi connectivity index (χ0v) is 30.4. The Labute approximate surface area is 294 Å². The first-order valence-electron chi connectivity index (χ1n) is 16.5. The summed E-state index contributed by atoms with van der Waals surface area (Å²) in [5, 5.41) is 1.31. The van der Waals surface area contributed by atoms with Crippen molar-refractivity contribution < 1.29 is 68.7 Å². The van der Waals surface area contributed by atoms with Crippen LogP contribution in [0.4, 0.5) is 4.39 Å². The molecule has 3 nitrogen and oxygen atoms in total. The Bertz CT molecular complexity index is 1040. The van der Waals surface area contributed by atoms with E-state index in [0.29, 0.717) is 16.3 Å². The Morgan fingerprint density at radius 1 is 0.659 bits per heavy atom. The summed E-state index contributed by atoms with van der Waals surface area (Å²) in [7, 11) is -4.54. The van der Waals surface area contributed by atoms with E-state index in [1.54, 1.807) is 18.2 Å². The molecule has 0 N–H and O–H groups in total. The zero-order chi connectivity index (χ0) is 29.1. The second-order valence-corrected chi connectivity index (χ2v) is 13.3. The van der Waals surface area contributed by atoms with Gasteiger partial charge in [-0.15, -0.1) is 0 Å². The van der Waals surface area contributed by atoms with Gasteiger partial charge in [0.05, 0.1) is 4.90 Å². The molecule has 0 amide bonds. The summed E-state index contributed by atoms with van der Waals surface area (Å²) in [6.45, 7) is 4.48. The molecule has 0 aliphatic rings. The van der Waals surface area contributed by atoms with E-state index < -0.39 is 16.3 Å². The Hall–Kier alpha value is 0.176. The van der Waals surface area contributed by atoms with E-state index in [9.17, 15) is 13.0 Å². The molecule has 0 saturated heterocycles. The van der Waals surface area contributed by atoms with E-state index in [4.69, 9.17) is 0 Å². The smallest absolute Gasteiger partial charge is 0.744 e. The van der Waals surface area contributed by atoms with Gasteiger partial charge in [-0.2, -0.15) is 0 Å². The van der Waals surface area contributed by atoms with Crippen molar-refractivity contribution in [3.8, 4) is 0 Å². The van der Waals surface area contributed by atoms with Gasteiger partial charge in [0.15, 0.2) is 0 Å². The van der Waals surface area contributed by atoms with Crippen molar-refractivity contribution >= 4 is 20.9 Å². The molecule has 0 bridgehead atoms. The third kappa shape index (κ3) is 16.2. The van der Waals surface area contributed by atoms with Crippen LogP contribution in [0.5, 0.6) is 0 Å². The molecule has 2 atom stereocenters. The minimum absolute atomic E-state index is 0. The fraction of sp³-hybridized carbons (Fsp3) is 0.714. The number of rotatable bonds is 24. The minimum atomic E-state index is -4.54. The molecule has 41 heavy (non-hydrogen) atoms. The van der Waals surface area contributed by atoms with E-state index in [-0.39, 0.29) is 62.2 Å². The summed E-state index contributed by atoms with van der Waals surface area (Å²) in [6, 6.07) is 9.65. The van der Waals surface area contributed by atoms with Crippen LogP contribution in [0.25, 0.3) is 10.8 Å². The maximum absolute atomic E-state index is 16.1. The molecule has 228 valence electrons. The molecule has 0 aromatic heterocycles. The number of hydrogen-bond acceptors (Lipinski definition) is 3. The Balaban J connectivity index is 0.00000840. The third-order valence-electron chi connectivity index (χ3n) is 8.49. The number of fused-ring (bicyclic) bond motifs is 1. The van der Waals surface area contributed by atoms with E-state index in [0.717, 1.165) is 38.5 Å². The maximum atomic E-state index is 16.1. The van der Waals surface area contributed by atoms with Gasteiger partial charge in [0.25, 0.3) is 0 Å². The molecule has 0 fully saturated rings. The van der Waals surface area contributed by atoms with E-state index in [2.05, 4.69) is 13.8 Å². The van der Waals surface area contributed by atoms with Crippen molar-refractivity contribution in [1.82, 2.24) is 0 Å². The molecule has 0 spiro atoms. The van der Waals surface area contributed by atoms with Gasteiger partial charge in [0.1, 0.15) is 16.3 Å². The van der Waals surface area contributed by atoms with Crippen LogP contribution in [0, 0.1) is 5.92 Å². The second-order valence-electron chi connectivity index (χ2n) is 11.9. The number of alkyl halides is 1. The molecule has 6 heteroatoms. The van der Waals surface area contributed by atoms with Crippen LogP contribution in [-0.4, -0.2) is 13.0 Å². The predicted octanol–water partition coefficient (Wildman–Crippen LogP) is 8.61. The molecule has 2 rings (SSSR count). The Morgan fingerprint density at radius 3 is 1.54 bits per heavy atom. The van der Waals surface area contributed by atoms with Crippen LogP contribution in [0.15, 0.2) is 41.3 Å². The SMILES string of the molecule is CCCCCCCCCCCCCCCCC(CCCCCCC)C(F)c1cccc2cc(S(=O)(=O)[O-])ccc12.[K+]. The van der Waals surface area contributed by atoms with E-state index >= 15 is 4.39 Å². The molecule has 2 aromatic rings. The molecule has 2 aromatic carbocycles. The van der Waals surface area contributed by atoms with Gasteiger partial charge in [-0.1, -0.05) is 160 Å². The van der Waals surface area contributed by atoms with Gasteiger partial charge in [-0.25, -0.2) is 12.8 Å². The molecular formula is C35H56FKO3S. The van der Waals surface area contributed by atoms with Crippen molar-refractivity contribution in [2.24, 2.45) is 5.92 Å². The topological polar surface area (TPSA) is 57.2 Å². The average Bonchev–Trinajstić information content (AvgIpc) is 2.94. The summed E-state index contributed by atoms with van der Waals surface area (Å²) in [5.41, 5.74) is 0.622. The first kappa shape index (κ1) is 39.2. The van der Waals surface area contributed by atoms with Crippen LogP contribution in [0.1, 0.15) is 160 Å². The summed E-state index contributed by atoms with van der Waals surface area (Å²) < 4.78 is 50.6. The van der Waals surface area contributed by atoms with Crippen molar-refractivity contribution in [3.05, 3.63) is 42.0 Å². The fourth-order valence-electron chi connectivity index (χ4n) is 5.98. The number of unbranched alkanes of at least 4 members (excludes halogenated alkanes) is 17.